The predicted octanol–water partition coefficient (Wildman–Crippen LogP) is 7.04. The van der Waals surface area contributed by atoms with E-state index >= 15 is 0 Å². The summed E-state index contributed by atoms with van der Waals surface area (Å²) in [6.45, 7) is 17.9. The van der Waals surface area contributed by atoms with Crippen molar-refractivity contribution in [2.24, 2.45) is 0 Å². The minimum Gasteiger partial charge on any atom is -0.429 e. The van der Waals surface area contributed by atoms with E-state index < -0.39 is 41.9 Å². The Bertz CT molecular complexity index is 2060. The fourth-order valence-electron chi connectivity index (χ4n) is 7.24. The van der Waals surface area contributed by atoms with Gasteiger partial charge in [-0.2, -0.15) is 14.0 Å². The Balaban J connectivity index is 0.000000423. The second kappa shape index (κ2) is 34.6. The summed E-state index contributed by atoms with van der Waals surface area (Å²) in [5.41, 5.74) is 0. The minimum absolute atomic E-state index is 0. The molecule has 8 aromatic rings. The molecule has 372 valence electrons. The summed E-state index contributed by atoms with van der Waals surface area (Å²) >= 11 is 0. The van der Waals surface area contributed by atoms with E-state index in [1.165, 1.54) is 42.4 Å². The molecule has 15 heteroatoms. The monoisotopic (exact) mass is 1370 g/mol. The van der Waals surface area contributed by atoms with E-state index in [1.54, 1.807) is 0 Å². The van der Waals surface area contributed by atoms with Crippen LogP contribution in [0.25, 0.3) is 0 Å². The van der Waals surface area contributed by atoms with Crippen molar-refractivity contribution in [2.45, 2.75) is 23.4 Å². The fraction of sp³-hybridized carbons (Fsp3) is 0.0714. The molecule has 0 aliphatic heterocycles. The first-order valence-electron chi connectivity index (χ1n) is 21.3. The van der Waals surface area contributed by atoms with Crippen LogP contribution in [0.5, 0.6) is 0 Å². The first-order chi connectivity index (χ1) is 32.5. The second-order valence-electron chi connectivity index (χ2n) is 14.7. The normalized spacial score (nSPS) is 12.5. The van der Waals surface area contributed by atoms with Crippen LogP contribution in [0.4, 0.5) is 0 Å². The molecule has 0 aliphatic carbocycles. The number of halogens is 1. The third-order valence-electron chi connectivity index (χ3n) is 10.1. The van der Waals surface area contributed by atoms with E-state index in [0.717, 1.165) is 0 Å². The third kappa shape index (κ3) is 21.3. The molecule has 4 radical (unpaired) electrons. The molecule has 0 heterocycles. The number of hydrogen-bond donors (Lipinski definition) is 1. The van der Waals surface area contributed by atoms with Crippen LogP contribution in [-0.2, 0) is 89.9 Å². The summed E-state index contributed by atoms with van der Waals surface area (Å²) < 4.78 is 46.0. The Hall–Kier alpha value is -1.87. The van der Waals surface area contributed by atoms with E-state index in [-0.39, 0.29) is 104 Å². The maximum absolute atomic E-state index is 8.60. The second-order valence-corrected chi connectivity index (χ2v) is 24.8. The minimum atomic E-state index is -4.69. The molecule has 0 saturated carbocycles. The van der Waals surface area contributed by atoms with Crippen molar-refractivity contribution < 1.29 is 119 Å². The Morgan fingerprint density at radius 3 is 0.479 bits per heavy atom. The summed E-state index contributed by atoms with van der Waals surface area (Å²) in [6.07, 6.45) is 0. The molecule has 71 heavy (non-hydrogen) atoms. The zero-order valence-corrected chi connectivity index (χ0v) is 50.2. The molecule has 4 unspecified atom stereocenters. The maximum atomic E-state index is 8.60. The smallest absolute Gasteiger partial charge is 0.0777 e. The Morgan fingerprint density at radius 1 is 0.282 bits per heavy atom. The number of hydrogen-bond acceptors (Lipinski definition) is 6. The quantitative estimate of drug-likeness (QED) is 0.0823. The molecule has 0 bridgehead atoms. The molecule has 0 aromatic heterocycles. The zero-order chi connectivity index (χ0) is 47.4. The molecular formula is C56H53ClO6P4Tc4-4. The van der Waals surface area contributed by atoms with Crippen molar-refractivity contribution in [3.05, 3.63) is 270 Å². The van der Waals surface area contributed by atoms with Gasteiger partial charge in [0.1, 0.15) is 0 Å². The van der Waals surface area contributed by atoms with Crippen LogP contribution in [-0.4, -0.2) is 28.0 Å². The number of benzene rings is 8. The first kappa shape index (κ1) is 65.2. The van der Waals surface area contributed by atoms with Crippen molar-refractivity contribution in [2.75, 3.05) is 0 Å². The van der Waals surface area contributed by atoms with Gasteiger partial charge in [-0.3, -0.25) is 0 Å². The zero-order valence-electron chi connectivity index (χ0n) is 38.4. The molecule has 8 aromatic carbocycles. The molecule has 0 aliphatic rings. The van der Waals surface area contributed by atoms with Gasteiger partial charge in [0.15, 0.2) is 0 Å². The van der Waals surface area contributed by atoms with Crippen molar-refractivity contribution in [1.29, 1.82) is 0 Å². The predicted molar refractivity (Wildman–Crippen MR) is 277 cm³/mol. The van der Waals surface area contributed by atoms with E-state index in [0.29, 0.717) is 0 Å². The van der Waals surface area contributed by atoms with Gasteiger partial charge >= 0.3 is 0 Å². The van der Waals surface area contributed by atoms with Crippen LogP contribution in [0.2, 0.25) is 0 Å². The molecule has 1 N–H and O–H groups in total. The van der Waals surface area contributed by atoms with Crippen molar-refractivity contribution in [3.63, 3.8) is 0 Å². The van der Waals surface area contributed by atoms with Crippen molar-refractivity contribution in [3.8, 4) is 0 Å². The summed E-state index contributed by atoms with van der Waals surface area (Å²) in [5.74, 6) is -0.834. The maximum Gasteiger partial charge on any atom is 0.0777 e. The molecule has 0 spiro atoms. The molecule has 6 nitrogen and oxygen atoms in total. The average molecular weight is 1370 g/mol. The fourth-order valence-corrected chi connectivity index (χ4v) is 16.3. The number of rotatable bonds is 16. The summed E-state index contributed by atoms with van der Waals surface area (Å²) in [4.78, 5) is 0. The summed E-state index contributed by atoms with van der Waals surface area (Å²) in [5, 5.41) is 10.1. The molecular weight excluding hydrogens is 1320 g/mol. The van der Waals surface area contributed by atoms with Gasteiger partial charge in [-0.25, -0.2) is 0 Å². The Labute approximate surface area is 482 Å². The van der Waals surface area contributed by atoms with Crippen molar-refractivity contribution >= 4 is 74.1 Å². The van der Waals surface area contributed by atoms with Crippen LogP contribution in [0.15, 0.2) is 243 Å². The average Bonchev–Trinajstić information content (AvgIpc) is 3.34. The van der Waals surface area contributed by atoms with Gasteiger partial charge in [0, 0.05) is 80.4 Å². The Morgan fingerprint density at radius 2 is 0.380 bits per heavy atom. The molecule has 0 saturated heterocycles. The van der Waals surface area contributed by atoms with Gasteiger partial charge in [-0.05, 0) is 97.5 Å². The largest absolute Gasteiger partial charge is 0.429 e. The van der Waals surface area contributed by atoms with Crippen molar-refractivity contribution in [1.82, 2.24) is 0 Å². The van der Waals surface area contributed by atoms with Gasteiger partial charge in [0.25, 0.3) is 0 Å². The molecule has 0 fully saturated rings. The third-order valence-corrected chi connectivity index (χ3v) is 19.7. The van der Waals surface area contributed by atoms with Gasteiger partial charge in [0.05, 0.1) is 14.9 Å². The van der Waals surface area contributed by atoms with Gasteiger partial charge in [0.2, 0.25) is 0 Å². The van der Waals surface area contributed by atoms with E-state index in [2.05, 4.69) is 270 Å². The van der Waals surface area contributed by atoms with Gasteiger partial charge in [-0.1, -0.05) is 243 Å². The van der Waals surface area contributed by atoms with Gasteiger partial charge in [-0.15, -0.1) is 0 Å². The molecule has 8 rings (SSSR count). The summed E-state index contributed by atoms with van der Waals surface area (Å²) in [7, 11) is -7.77. The first-order valence-corrected chi connectivity index (χ1v) is 28.2. The van der Waals surface area contributed by atoms with E-state index in [9.17, 15) is 0 Å². The van der Waals surface area contributed by atoms with E-state index in [1.807, 2.05) is 0 Å². The van der Waals surface area contributed by atoms with Crippen LogP contribution >= 0.6 is 31.7 Å². The van der Waals surface area contributed by atoms with Crippen LogP contribution in [0.1, 0.15) is 0 Å². The molecule has 0 amide bonds. The number of ether oxygens (including phenoxy) is 2. The SMILES string of the molecule is [CH2-]C(OC([CH2-])P(c1ccccc1)c1ccccc1)P(c1ccccc1)c1ccccc1.[CH2-]C(OC([CH2-])P(c1ccccc1)c1ccccc1)P(c1ccccc1)c1ccccc1.[O-][Cl+3]([O-])([O-])O.[Tc].[Tc].[Tc].[Tc]. The van der Waals surface area contributed by atoms with Gasteiger partial charge < -0.3 is 37.2 Å². The Kier molecular flexibility index (Phi) is 31.8. The molecule has 4 atom stereocenters. The summed E-state index contributed by atoms with van der Waals surface area (Å²) in [6, 6.07) is 84.6. The van der Waals surface area contributed by atoms with Crippen LogP contribution < -0.4 is 56.4 Å². The van der Waals surface area contributed by atoms with Crippen LogP contribution in [0.3, 0.4) is 0 Å². The van der Waals surface area contributed by atoms with E-state index in [4.69, 9.17) is 28.1 Å². The topological polar surface area (TPSA) is 108 Å². The standard InChI is InChI=1S/2C28H26OP2.ClHO4.4Tc/c2*1-23(30(25-15-7-3-8-16-25)26-17-9-4-10-18-26)29-24(2)31(27-19-11-5-12-20-27)28-21-13-6-14-22-28;2-1(3,4)5;;;;/h2*3-24H,1-2H2;(H,2,3,4,5);;;;/q2*-2;;;;;. The van der Waals surface area contributed by atoms with Crippen LogP contribution in [0, 0.1) is 37.9 Å².